The van der Waals surface area contributed by atoms with Gasteiger partial charge in [-0.3, -0.25) is 14.3 Å². The molecule has 166 valence electrons. The molecule has 4 heterocycles. The van der Waals surface area contributed by atoms with E-state index in [0.29, 0.717) is 57.3 Å². The predicted molar refractivity (Wildman–Crippen MR) is 116 cm³/mol. The van der Waals surface area contributed by atoms with Gasteiger partial charge in [0.05, 0.1) is 43.1 Å². The van der Waals surface area contributed by atoms with Gasteiger partial charge in [0.25, 0.3) is 5.91 Å². The summed E-state index contributed by atoms with van der Waals surface area (Å²) >= 11 is 0. The van der Waals surface area contributed by atoms with E-state index in [-0.39, 0.29) is 18.4 Å². The van der Waals surface area contributed by atoms with Crippen LogP contribution in [0.1, 0.15) is 22.2 Å². The molecule has 2 amide bonds. The number of hydrogen-bond donors (Lipinski definition) is 0. The van der Waals surface area contributed by atoms with Gasteiger partial charge in [-0.15, -0.1) is 0 Å². The first-order valence-electron chi connectivity index (χ1n) is 10.8. The van der Waals surface area contributed by atoms with Crippen molar-refractivity contribution in [2.45, 2.75) is 12.6 Å². The molecular formula is C23H25N5O4. The number of benzene rings is 1. The van der Waals surface area contributed by atoms with Gasteiger partial charge in [0.2, 0.25) is 5.91 Å². The van der Waals surface area contributed by atoms with Gasteiger partial charge in [-0.05, 0) is 18.2 Å². The van der Waals surface area contributed by atoms with Gasteiger partial charge in [0, 0.05) is 37.4 Å². The third-order valence-electron chi connectivity index (χ3n) is 5.87. The molecule has 2 aliphatic rings. The number of ether oxygens (including phenoxy) is 2. The van der Waals surface area contributed by atoms with Crippen LogP contribution in [0, 0.1) is 0 Å². The van der Waals surface area contributed by atoms with Crippen LogP contribution in [0.25, 0.3) is 10.9 Å². The Morgan fingerprint density at radius 3 is 2.66 bits per heavy atom. The predicted octanol–water partition coefficient (Wildman–Crippen LogP) is 1.50. The Kier molecular flexibility index (Phi) is 5.83. The van der Waals surface area contributed by atoms with Gasteiger partial charge in [0.1, 0.15) is 12.6 Å². The van der Waals surface area contributed by atoms with Crippen LogP contribution in [0.4, 0.5) is 0 Å². The smallest absolute Gasteiger partial charge is 0.254 e. The number of amides is 2. The van der Waals surface area contributed by atoms with Crippen LogP contribution in [0.2, 0.25) is 0 Å². The molecule has 9 heteroatoms. The van der Waals surface area contributed by atoms with E-state index in [4.69, 9.17) is 14.5 Å². The number of carbonyl (C=O) groups excluding carboxylic acids is 2. The number of fused-ring (bicyclic) bond motifs is 1. The lowest BCUT2D eigenvalue weighted by molar-refractivity contribution is -0.140. The van der Waals surface area contributed by atoms with Gasteiger partial charge in [-0.25, -0.2) is 4.98 Å². The molecule has 1 aromatic carbocycles. The van der Waals surface area contributed by atoms with Crippen molar-refractivity contribution in [3.05, 3.63) is 60.0 Å². The van der Waals surface area contributed by atoms with Crippen molar-refractivity contribution in [2.75, 3.05) is 46.0 Å². The molecule has 9 nitrogen and oxygen atoms in total. The lowest BCUT2D eigenvalue weighted by Crippen LogP contribution is -2.44. The van der Waals surface area contributed by atoms with E-state index < -0.39 is 6.10 Å². The molecule has 0 bridgehead atoms. The maximum Gasteiger partial charge on any atom is 0.254 e. The highest BCUT2D eigenvalue weighted by Crippen LogP contribution is 2.27. The zero-order valence-corrected chi connectivity index (χ0v) is 17.7. The van der Waals surface area contributed by atoms with E-state index in [1.807, 2.05) is 35.2 Å². The molecule has 2 saturated heterocycles. The molecule has 1 atom stereocenters. The van der Waals surface area contributed by atoms with Crippen LogP contribution in [-0.4, -0.2) is 82.4 Å². The fraction of sp³-hybridized carbons (Fsp3) is 0.391. The van der Waals surface area contributed by atoms with E-state index in [1.54, 1.807) is 28.0 Å². The Balaban J connectivity index is 1.42. The number of nitrogens with zero attached hydrogens (tertiary/aromatic N) is 5. The molecule has 3 aromatic rings. The molecular weight excluding hydrogens is 410 g/mol. The van der Waals surface area contributed by atoms with E-state index in [1.165, 1.54) is 0 Å². The van der Waals surface area contributed by atoms with E-state index in [9.17, 15) is 9.59 Å². The molecule has 0 aliphatic carbocycles. The molecule has 5 rings (SSSR count). The highest BCUT2D eigenvalue weighted by molar-refractivity contribution is 6.06. The molecule has 2 aliphatic heterocycles. The van der Waals surface area contributed by atoms with E-state index in [0.717, 1.165) is 10.9 Å². The fourth-order valence-corrected chi connectivity index (χ4v) is 4.16. The zero-order chi connectivity index (χ0) is 21.9. The van der Waals surface area contributed by atoms with Crippen LogP contribution < -0.4 is 0 Å². The van der Waals surface area contributed by atoms with Crippen LogP contribution >= 0.6 is 0 Å². The Labute approximate surface area is 185 Å². The molecule has 0 spiro atoms. The van der Waals surface area contributed by atoms with Crippen molar-refractivity contribution >= 4 is 22.7 Å². The number of pyridine rings is 1. The van der Waals surface area contributed by atoms with Crippen LogP contribution in [0.5, 0.6) is 0 Å². The van der Waals surface area contributed by atoms with Gasteiger partial charge in [0.15, 0.2) is 0 Å². The SMILES string of the molecule is O=C(Cn1cccn1)N1CCO[C@@H](c2cc(C(=O)N3CCOCC3)c3ccccc3n2)C1. The van der Waals surface area contributed by atoms with Crippen molar-refractivity contribution in [1.29, 1.82) is 0 Å². The molecule has 0 unspecified atom stereocenters. The summed E-state index contributed by atoms with van der Waals surface area (Å²) in [6.45, 7) is 3.73. The van der Waals surface area contributed by atoms with Crippen LogP contribution in [-0.2, 0) is 20.8 Å². The summed E-state index contributed by atoms with van der Waals surface area (Å²) in [4.78, 5) is 34.5. The van der Waals surface area contributed by atoms with Gasteiger partial charge in [-0.1, -0.05) is 18.2 Å². The van der Waals surface area contributed by atoms with E-state index >= 15 is 0 Å². The number of morpholine rings is 2. The maximum absolute atomic E-state index is 13.3. The number of rotatable bonds is 4. The Hall–Kier alpha value is -3.30. The van der Waals surface area contributed by atoms with Gasteiger partial charge < -0.3 is 19.3 Å². The lowest BCUT2D eigenvalue weighted by atomic mass is 10.0. The average molecular weight is 435 g/mol. The molecule has 32 heavy (non-hydrogen) atoms. The summed E-state index contributed by atoms with van der Waals surface area (Å²) in [7, 11) is 0. The largest absolute Gasteiger partial charge is 0.378 e. The van der Waals surface area contributed by atoms with Crippen molar-refractivity contribution in [3.63, 3.8) is 0 Å². The number of aromatic nitrogens is 3. The first kappa shape index (κ1) is 20.6. The Morgan fingerprint density at radius 1 is 1.03 bits per heavy atom. The van der Waals surface area contributed by atoms with Crippen LogP contribution in [0.3, 0.4) is 0 Å². The Morgan fingerprint density at radius 2 is 1.84 bits per heavy atom. The quantitative estimate of drug-likeness (QED) is 0.617. The number of para-hydroxylation sites is 1. The average Bonchev–Trinajstić information content (AvgIpc) is 3.36. The summed E-state index contributed by atoms with van der Waals surface area (Å²) in [6.07, 6.45) is 3.03. The topological polar surface area (TPSA) is 89.8 Å². The van der Waals surface area contributed by atoms with Crippen molar-refractivity contribution in [3.8, 4) is 0 Å². The number of carbonyl (C=O) groups is 2. The van der Waals surface area contributed by atoms with Crippen molar-refractivity contribution in [1.82, 2.24) is 24.6 Å². The van der Waals surface area contributed by atoms with Crippen LogP contribution in [0.15, 0.2) is 48.8 Å². The summed E-state index contributed by atoms with van der Waals surface area (Å²) in [5.41, 5.74) is 2.01. The van der Waals surface area contributed by atoms with Crippen molar-refractivity contribution in [2.24, 2.45) is 0 Å². The molecule has 0 saturated carbocycles. The lowest BCUT2D eigenvalue weighted by Gasteiger charge is -2.33. The fourth-order valence-electron chi connectivity index (χ4n) is 4.16. The summed E-state index contributed by atoms with van der Waals surface area (Å²) in [6, 6.07) is 11.3. The minimum Gasteiger partial charge on any atom is -0.378 e. The van der Waals surface area contributed by atoms with Crippen molar-refractivity contribution < 1.29 is 19.1 Å². The summed E-state index contributed by atoms with van der Waals surface area (Å²) in [5, 5.41) is 4.93. The molecule has 2 fully saturated rings. The monoisotopic (exact) mass is 435 g/mol. The summed E-state index contributed by atoms with van der Waals surface area (Å²) < 4.78 is 13.0. The maximum atomic E-state index is 13.3. The Bertz CT molecular complexity index is 1110. The second-order valence-electron chi connectivity index (χ2n) is 7.92. The standard InChI is InChI=1S/C23H25N5O4/c29-22(16-28-7-3-6-24-28)27-10-13-32-21(15-27)20-14-18(17-4-1-2-5-19(17)25-20)23(30)26-8-11-31-12-9-26/h1-7,14,21H,8-13,15-16H2/t21-/m1/s1. The highest BCUT2D eigenvalue weighted by atomic mass is 16.5. The highest BCUT2D eigenvalue weighted by Gasteiger charge is 2.29. The minimum absolute atomic E-state index is 0.0209. The third kappa shape index (κ3) is 4.21. The second kappa shape index (κ2) is 9.05. The first-order chi connectivity index (χ1) is 15.7. The third-order valence-corrected chi connectivity index (χ3v) is 5.87. The molecule has 0 radical (unpaired) electrons. The number of hydrogen-bond acceptors (Lipinski definition) is 6. The summed E-state index contributed by atoms with van der Waals surface area (Å²) in [5.74, 6) is -0.0528. The first-order valence-corrected chi connectivity index (χ1v) is 10.8. The second-order valence-corrected chi connectivity index (χ2v) is 7.92. The van der Waals surface area contributed by atoms with Gasteiger partial charge in [-0.2, -0.15) is 5.10 Å². The normalized spacial score (nSPS) is 19.3. The zero-order valence-electron chi connectivity index (χ0n) is 17.7. The molecule has 0 N–H and O–H groups in total. The molecule has 2 aromatic heterocycles. The van der Waals surface area contributed by atoms with E-state index in [2.05, 4.69) is 5.10 Å². The van der Waals surface area contributed by atoms with Gasteiger partial charge >= 0.3 is 0 Å². The minimum atomic E-state index is -0.397.